The molecule has 1 saturated carbocycles. The third-order valence-electron chi connectivity index (χ3n) is 6.23. The van der Waals surface area contributed by atoms with Gasteiger partial charge in [-0.15, -0.1) is 0 Å². The molecule has 0 spiro atoms. The van der Waals surface area contributed by atoms with E-state index in [9.17, 15) is 14.4 Å². The van der Waals surface area contributed by atoms with Gasteiger partial charge in [0.1, 0.15) is 11.7 Å². The molecule has 5 nitrogen and oxygen atoms in total. The molecule has 0 radical (unpaired) electrons. The maximum Gasteiger partial charge on any atom is 0.221 e. The van der Waals surface area contributed by atoms with Crippen molar-refractivity contribution in [3.8, 4) is 11.3 Å². The van der Waals surface area contributed by atoms with Crippen LogP contribution in [0.4, 0.5) is 0 Å². The fourth-order valence-corrected chi connectivity index (χ4v) is 5.37. The van der Waals surface area contributed by atoms with Crippen LogP contribution in [-0.2, 0) is 20.9 Å². The lowest BCUT2D eigenvalue weighted by Crippen LogP contribution is -2.27. The van der Waals surface area contributed by atoms with E-state index in [0.717, 1.165) is 22.3 Å². The molecule has 180 valence electrons. The predicted octanol–water partition coefficient (Wildman–Crippen LogP) is 6.27. The van der Waals surface area contributed by atoms with Crippen LogP contribution in [-0.4, -0.2) is 22.5 Å². The minimum Gasteiger partial charge on any atom is -0.352 e. The van der Waals surface area contributed by atoms with Crippen molar-refractivity contribution in [3.63, 3.8) is 0 Å². The number of amides is 1. The van der Waals surface area contributed by atoms with Crippen molar-refractivity contribution in [3.05, 3.63) is 86.0 Å². The lowest BCUT2D eigenvalue weighted by molar-refractivity contribution is -0.128. The molecule has 1 fully saturated rings. The highest BCUT2D eigenvalue weighted by Gasteiger charge is 2.43. The number of halogens is 3. The number of hydrogen-bond donors (Lipinski definition) is 1. The van der Waals surface area contributed by atoms with Gasteiger partial charge >= 0.3 is 0 Å². The van der Waals surface area contributed by atoms with Crippen molar-refractivity contribution in [2.75, 3.05) is 0 Å². The molecular weight excluding hydrogens is 507 g/mol. The summed E-state index contributed by atoms with van der Waals surface area (Å²) in [5.41, 5.74) is 4.50. The van der Waals surface area contributed by atoms with Gasteiger partial charge in [-0.1, -0.05) is 46.9 Å². The van der Waals surface area contributed by atoms with Crippen LogP contribution in [0.1, 0.15) is 41.0 Å². The Hall–Kier alpha value is -2.73. The fourth-order valence-electron chi connectivity index (χ4n) is 4.67. The van der Waals surface area contributed by atoms with Crippen LogP contribution < -0.4 is 5.32 Å². The summed E-state index contributed by atoms with van der Waals surface area (Å²) in [6.07, 6.45) is 1.55. The largest absolute Gasteiger partial charge is 0.352 e. The summed E-state index contributed by atoms with van der Waals surface area (Å²) in [4.78, 5) is 43.0. The second kappa shape index (κ2) is 10.5. The van der Waals surface area contributed by atoms with E-state index in [-0.39, 0.29) is 30.3 Å². The Morgan fingerprint density at radius 2 is 1.74 bits per heavy atom. The average molecular weight is 530 g/mol. The number of hydrogen-bond acceptors (Lipinski definition) is 4. The summed E-state index contributed by atoms with van der Waals surface area (Å²) in [6.45, 7) is 4.03. The first kappa shape index (κ1) is 25.4. The topological polar surface area (TPSA) is 76.1 Å². The van der Waals surface area contributed by atoms with Crippen LogP contribution in [0.5, 0.6) is 0 Å². The van der Waals surface area contributed by atoms with Crippen molar-refractivity contribution >= 4 is 52.3 Å². The number of nitrogens with zero attached hydrogens (tertiary/aromatic N) is 1. The lowest BCUT2D eigenvalue weighted by atomic mass is 9.85. The SMILES string of the molecule is Cc1cc(-c2ncc(Cl)cc2Cl)cc(C)c1C1C(=O)CC(CC(=O)NCc2cccc(Cl)c2)C1=O. The van der Waals surface area contributed by atoms with E-state index >= 15 is 0 Å². The monoisotopic (exact) mass is 528 g/mol. The average Bonchev–Trinajstić information content (AvgIpc) is 3.05. The first-order chi connectivity index (χ1) is 16.6. The number of aromatic nitrogens is 1. The lowest BCUT2D eigenvalue weighted by Gasteiger charge is -2.17. The molecule has 1 aromatic heterocycles. The number of pyridine rings is 1. The highest BCUT2D eigenvalue weighted by molar-refractivity contribution is 6.36. The summed E-state index contributed by atoms with van der Waals surface area (Å²) in [5.74, 6) is -2.16. The molecule has 0 saturated heterocycles. The Kier molecular flexibility index (Phi) is 7.60. The second-order valence-electron chi connectivity index (χ2n) is 8.82. The van der Waals surface area contributed by atoms with E-state index in [1.54, 1.807) is 24.3 Å². The third kappa shape index (κ3) is 5.58. The molecule has 3 aromatic rings. The molecule has 0 bridgehead atoms. The maximum atomic E-state index is 13.3. The van der Waals surface area contributed by atoms with Gasteiger partial charge in [0.05, 0.1) is 15.7 Å². The maximum absolute atomic E-state index is 13.3. The van der Waals surface area contributed by atoms with Crippen LogP contribution in [0.25, 0.3) is 11.3 Å². The van der Waals surface area contributed by atoms with Gasteiger partial charge in [0.2, 0.25) is 5.91 Å². The second-order valence-corrected chi connectivity index (χ2v) is 10.1. The number of aryl methyl sites for hydroxylation is 2. The minimum atomic E-state index is -0.872. The van der Waals surface area contributed by atoms with Crippen LogP contribution >= 0.6 is 34.8 Å². The van der Waals surface area contributed by atoms with E-state index in [1.165, 1.54) is 6.20 Å². The molecule has 2 unspecified atom stereocenters. The number of nitrogens with one attached hydrogen (secondary N) is 1. The smallest absolute Gasteiger partial charge is 0.221 e. The quantitative estimate of drug-likeness (QED) is 0.382. The van der Waals surface area contributed by atoms with Gasteiger partial charge in [0.25, 0.3) is 0 Å². The standard InChI is InChI=1S/C27H23Cl3N2O3/c1-14-6-17(26-21(30)11-20(29)13-32-26)7-15(2)24(14)25-22(33)9-18(27(25)35)10-23(34)31-12-16-4-3-5-19(28)8-16/h3-8,11,13,18,25H,9-10,12H2,1-2H3,(H,31,34). The van der Waals surface area contributed by atoms with Gasteiger partial charge in [-0.05, 0) is 66.4 Å². The van der Waals surface area contributed by atoms with Crippen molar-refractivity contribution < 1.29 is 14.4 Å². The molecule has 35 heavy (non-hydrogen) atoms. The molecule has 8 heteroatoms. The Labute approximate surface area is 218 Å². The Balaban J connectivity index is 1.50. The van der Waals surface area contributed by atoms with Gasteiger partial charge < -0.3 is 5.32 Å². The van der Waals surface area contributed by atoms with Crippen molar-refractivity contribution in [2.45, 2.75) is 39.2 Å². The summed E-state index contributed by atoms with van der Waals surface area (Å²) in [7, 11) is 0. The van der Waals surface area contributed by atoms with E-state index in [1.807, 2.05) is 32.0 Å². The first-order valence-electron chi connectivity index (χ1n) is 11.1. The van der Waals surface area contributed by atoms with Crippen molar-refractivity contribution in [1.82, 2.24) is 10.3 Å². The molecule has 0 aliphatic heterocycles. The molecule has 1 aliphatic carbocycles. The number of Topliss-reactive ketones (excluding diaryl/α,β-unsaturated/α-hetero) is 2. The summed E-state index contributed by atoms with van der Waals surface area (Å²) in [5, 5.41) is 4.25. The van der Waals surface area contributed by atoms with Gasteiger partial charge in [-0.25, -0.2) is 0 Å². The van der Waals surface area contributed by atoms with Crippen LogP contribution in [0.2, 0.25) is 15.1 Å². The zero-order chi connectivity index (χ0) is 25.3. The van der Waals surface area contributed by atoms with E-state index < -0.39 is 11.8 Å². The minimum absolute atomic E-state index is 0.0257. The van der Waals surface area contributed by atoms with E-state index in [4.69, 9.17) is 34.8 Å². The Morgan fingerprint density at radius 1 is 1.03 bits per heavy atom. The summed E-state index contributed by atoms with van der Waals surface area (Å²) in [6, 6.07) is 12.5. The summed E-state index contributed by atoms with van der Waals surface area (Å²) >= 11 is 18.3. The zero-order valence-electron chi connectivity index (χ0n) is 19.2. The normalized spacial score (nSPS) is 17.6. The predicted molar refractivity (Wildman–Crippen MR) is 138 cm³/mol. The number of carbonyl (C=O) groups excluding carboxylic acids is 3. The van der Waals surface area contributed by atoms with Crippen LogP contribution in [0.3, 0.4) is 0 Å². The van der Waals surface area contributed by atoms with E-state index in [0.29, 0.717) is 32.9 Å². The fraction of sp³-hybridized carbons (Fsp3) is 0.259. The number of ketones is 2. The molecule has 1 N–H and O–H groups in total. The van der Waals surface area contributed by atoms with Gasteiger partial charge in [0, 0.05) is 42.1 Å². The Bertz CT molecular complexity index is 1320. The number of carbonyl (C=O) groups is 3. The van der Waals surface area contributed by atoms with Gasteiger partial charge in [-0.3, -0.25) is 19.4 Å². The van der Waals surface area contributed by atoms with E-state index in [2.05, 4.69) is 10.3 Å². The molecule has 2 atom stereocenters. The van der Waals surface area contributed by atoms with Crippen molar-refractivity contribution in [1.29, 1.82) is 0 Å². The van der Waals surface area contributed by atoms with Crippen LogP contribution in [0.15, 0.2) is 48.7 Å². The zero-order valence-corrected chi connectivity index (χ0v) is 21.5. The highest BCUT2D eigenvalue weighted by atomic mass is 35.5. The third-order valence-corrected chi connectivity index (χ3v) is 6.96. The molecular formula is C27H23Cl3N2O3. The van der Waals surface area contributed by atoms with Crippen LogP contribution in [0, 0.1) is 19.8 Å². The van der Waals surface area contributed by atoms with Gasteiger partial charge in [0.15, 0.2) is 5.78 Å². The molecule has 1 amide bonds. The van der Waals surface area contributed by atoms with Gasteiger partial charge in [-0.2, -0.15) is 0 Å². The summed E-state index contributed by atoms with van der Waals surface area (Å²) < 4.78 is 0. The highest BCUT2D eigenvalue weighted by Crippen LogP contribution is 2.39. The Morgan fingerprint density at radius 3 is 2.40 bits per heavy atom. The molecule has 4 rings (SSSR count). The molecule has 1 heterocycles. The molecule has 2 aromatic carbocycles. The number of benzene rings is 2. The van der Waals surface area contributed by atoms with Crippen molar-refractivity contribution in [2.24, 2.45) is 5.92 Å². The number of rotatable bonds is 6. The molecule has 1 aliphatic rings. The first-order valence-corrected chi connectivity index (χ1v) is 12.3.